The number of benzene rings is 1. The number of nitrogens with zero attached hydrogens (tertiary/aromatic N) is 2. The van der Waals surface area contributed by atoms with Gasteiger partial charge in [-0.15, -0.1) is 0 Å². The van der Waals surface area contributed by atoms with Gasteiger partial charge in [0.2, 0.25) is 0 Å². The number of ether oxygens (including phenoxy) is 1. The quantitative estimate of drug-likeness (QED) is 0.488. The molecule has 0 spiro atoms. The van der Waals surface area contributed by atoms with Gasteiger partial charge in [0.15, 0.2) is 0 Å². The van der Waals surface area contributed by atoms with Crippen LogP contribution in [0.2, 0.25) is 10.2 Å². The molecule has 98 valence electrons. The number of pyridine rings is 1. The molecule has 19 heavy (non-hydrogen) atoms. The summed E-state index contributed by atoms with van der Waals surface area (Å²) in [6.07, 6.45) is 1.45. The minimum absolute atomic E-state index is 0.0524. The maximum atomic E-state index is 10.9. The molecule has 5 nitrogen and oxygen atoms in total. The lowest BCUT2D eigenvalue weighted by atomic mass is 10.2. The molecule has 0 amide bonds. The molecule has 0 N–H and O–H groups in total. The van der Waals surface area contributed by atoms with Crippen molar-refractivity contribution in [1.29, 1.82) is 0 Å². The maximum absolute atomic E-state index is 10.9. The minimum atomic E-state index is -0.495. The van der Waals surface area contributed by atoms with E-state index >= 15 is 0 Å². The molecular weight excluding hydrogens is 291 g/mol. The number of hydrogen-bond acceptors (Lipinski definition) is 4. The normalized spacial score (nSPS) is 10.2. The van der Waals surface area contributed by atoms with Crippen LogP contribution >= 0.6 is 23.2 Å². The summed E-state index contributed by atoms with van der Waals surface area (Å²) in [6.45, 7) is 0.0524. The third-order valence-electron chi connectivity index (χ3n) is 2.34. The molecule has 0 atom stereocenters. The van der Waals surface area contributed by atoms with Crippen LogP contribution in [0.4, 0.5) is 5.69 Å². The van der Waals surface area contributed by atoms with Gasteiger partial charge in [0.05, 0.1) is 16.7 Å². The zero-order valence-corrected chi connectivity index (χ0v) is 11.1. The van der Waals surface area contributed by atoms with E-state index < -0.39 is 4.92 Å². The van der Waals surface area contributed by atoms with Crippen molar-refractivity contribution < 1.29 is 9.66 Å². The Morgan fingerprint density at radius 1 is 1.26 bits per heavy atom. The standard InChI is InChI=1S/C12H8Cl2N2O3/c13-9-2-1-8(11(5-9)16(17)18)7-19-10-3-4-12(14)15-6-10/h1-6H,7H2. The molecule has 0 aliphatic heterocycles. The number of nitro groups is 1. The van der Waals surface area contributed by atoms with Gasteiger partial charge >= 0.3 is 0 Å². The van der Waals surface area contributed by atoms with Crippen LogP contribution < -0.4 is 4.74 Å². The van der Waals surface area contributed by atoms with Gasteiger partial charge in [-0.2, -0.15) is 0 Å². The molecule has 0 radical (unpaired) electrons. The van der Waals surface area contributed by atoms with Crippen molar-refractivity contribution in [3.8, 4) is 5.75 Å². The average Bonchev–Trinajstić information content (AvgIpc) is 2.39. The molecule has 1 aromatic carbocycles. The molecule has 0 unspecified atom stereocenters. The Morgan fingerprint density at radius 2 is 2.05 bits per heavy atom. The van der Waals surface area contributed by atoms with Crippen LogP contribution in [0.25, 0.3) is 0 Å². The SMILES string of the molecule is O=[N+]([O-])c1cc(Cl)ccc1COc1ccc(Cl)nc1. The third kappa shape index (κ3) is 3.56. The van der Waals surface area contributed by atoms with Crippen molar-refractivity contribution in [3.63, 3.8) is 0 Å². The molecule has 7 heteroatoms. The van der Waals surface area contributed by atoms with Crippen molar-refractivity contribution in [2.45, 2.75) is 6.61 Å². The second-order valence-electron chi connectivity index (χ2n) is 3.64. The summed E-state index contributed by atoms with van der Waals surface area (Å²) in [4.78, 5) is 14.2. The Hall–Kier alpha value is -1.85. The monoisotopic (exact) mass is 298 g/mol. The molecule has 1 heterocycles. The molecule has 0 saturated heterocycles. The first kappa shape index (κ1) is 13.6. The molecule has 1 aromatic heterocycles. The van der Waals surface area contributed by atoms with E-state index in [1.165, 1.54) is 12.3 Å². The fourth-order valence-electron chi connectivity index (χ4n) is 1.44. The molecule has 0 aliphatic rings. The van der Waals surface area contributed by atoms with E-state index in [1.807, 2.05) is 0 Å². The van der Waals surface area contributed by atoms with Gasteiger partial charge in [0, 0.05) is 11.1 Å². The fraction of sp³-hybridized carbons (Fsp3) is 0.0833. The first-order valence-electron chi connectivity index (χ1n) is 5.23. The van der Waals surface area contributed by atoms with Crippen LogP contribution in [-0.4, -0.2) is 9.91 Å². The van der Waals surface area contributed by atoms with Crippen molar-refractivity contribution in [1.82, 2.24) is 4.98 Å². The average molecular weight is 299 g/mol. The van der Waals surface area contributed by atoms with E-state index in [0.29, 0.717) is 21.5 Å². The Morgan fingerprint density at radius 3 is 2.68 bits per heavy atom. The first-order chi connectivity index (χ1) is 9.06. The van der Waals surface area contributed by atoms with Gasteiger partial charge in [-0.3, -0.25) is 10.1 Å². The van der Waals surface area contributed by atoms with Crippen LogP contribution in [0.3, 0.4) is 0 Å². The molecule has 0 fully saturated rings. The van der Waals surface area contributed by atoms with Gasteiger partial charge in [-0.05, 0) is 24.3 Å². The van der Waals surface area contributed by atoms with Crippen molar-refractivity contribution in [2.24, 2.45) is 0 Å². The molecule has 2 rings (SSSR count). The number of rotatable bonds is 4. The first-order valence-corrected chi connectivity index (χ1v) is 5.99. The molecule has 2 aromatic rings. The van der Waals surface area contributed by atoms with Crippen LogP contribution in [0.5, 0.6) is 5.75 Å². The highest BCUT2D eigenvalue weighted by Gasteiger charge is 2.14. The van der Waals surface area contributed by atoms with Gasteiger partial charge < -0.3 is 4.74 Å². The van der Waals surface area contributed by atoms with Crippen LogP contribution in [0, 0.1) is 10.1 Å². The largest absolute Gasteiger partial charge is 0.487 e. The minimum Gasteiger partial charge on any atom is -0.487 e. The number of hydrogen-bond donors (Lipinski definition) is 0. The smallest absolute Gasteiger partial charge is 0.277 e. The van der Waals surface area contributed by atoms with Crippen molar-refractivity contribution in [3.05, 3.63) is 62.4 Å². The summed E-state index contributed by atoms with van der Waals surface area (Å²) < 4.78 is 5.41. The van der Waals surface area contributed by atoms with Crippen LogP contribution in [0.15, 0.2) is 36.5 Å². The van der Waals surface area contributed by atoms with Crippen LogP contribution in [0.1, 0.15) is 5.56 Å². The van der Waals surface area contributed by atoms with E-state index in [9.17, 15) is 10.1 Å². The number of aromatic nitrogens is 1. The summed E-state index contributed by atoms with van der Waals surface area (Å²) in [5, 5.41) is 11.6. The van der Waals surface area contributed by atoms with Crippen molar-refractivity contribution >= 4 is 28.9 Å². The Kier molecular flexibility index (Phi) is 4.19. The second kappa shape index (κ2) is 5.86. The Labute approximate surface area is 118 Å². The van der Waals surface area contributed by atoms with E-state index in [1.54, 1.807) is 24.3 Å². The van der Waals surface area contributed by atoms with Gasteiger partial charge in [-0.1, -0.05) is 23.2 Å². The van der Waals surface area contributed by atoms with Crippen molar-refractivity contribution in [2.75, 3.05) is 0 Å². The van der Waals surface area contributed by atoms with Gasteiger partial charge in [0.1, 0.15) is 17.5 Å². The van der Waals surface area contributed by atoms with Crippen LogP contribution in [-0.2, 0) is 6.61 Å². The summed E-state index contributed by atoms with van der Waals surface area (Å²) in [5.41, 5.74) is 0.360. The summed E-state index contributed by atoms with van der Waals surface area (Å²) in [5.74, 6) is 0.480. The zero-order valence-electron chi connectivity index (χ0n) is 9.55. The third-order valence-corrected chi connectivity index (χ3v) is 2.80. The summed E-state index contributed by atoms with van der Waals surface area (Å²) >= 11 is 11.4. The highest BCUT2D eigenvalue weighted by Crippen LogP contribution is 2.24. The van der Waals surface area contributed by atoms with E-state index in [2.05, 4.69) is 4.98 Å². The van der Waals surface area contributed by atoms with Gasteiger partial charge in [-0.25, -0.2) is 4.98 Å². The molecule has 0 bridgehead atoms. The maximum Gasteiger partial charge on any atom is 0.277 e. The highest BCUT2D eigenvalue weighted by atomic mass is 35.5. The molecule has 0 saturated carbocycles. The molecular formula is C12H8Cl2N2O3. The Balaban J connectivity index is 2.15. The topological polar surface area (TPSA) is 65.3 Å². The van der Waals surface area contributed by atoms with E-state index in [4.69, 9.17) is 27.9 Å². The second-order valence-corrected chi connectivity index (χ2v) is 4.46. The van der Waals surface area contributed by atoms with Gasteiger partial charge in [0.25, 0.3) is 5.69 Å². The predicted molar refractivity (Wildman–Crippen MR) is 71.7 cm³/mol. The van der Waals surface area contributed by atoms with E-state index in [-0.39, 0.29) is 12.3 Å². The Bertz CT molecular complexity index is 602. The summed E-state index contributed by atoms with van der Waals surface area (Å²) in [7, 11) is 0. The lowest BCUT2D eigenvalue weighted by Gasteiger charge is -2.06. The number of nitro benzene ring substituents is 1. The zero-order chi connectivity index (χ0) is 13.8. The number of halogens is 2. The molecule has 0 aliphatic carbocycles. The predicted octanol–water partition coefficient (Wildman–Crippen LogP) is 3.88. The lowest BCUT2D eigenvalue weighted by molar-refractivity contribution is -0.385. The van der Waals surface area contributed by atoms with E-state index in [0.717, 1.165) is 0 Å². The summed E-state index contributed by atoms with van der Waals surface area (Å²) in [6, 6.07) is 7.64. The lowest BCUT2D eigenvalue weighted by Crippen LogP contribution is -2.00. The fourth-order valence-corrected chi connectivity index (χ4v) is 1.72. The highest BCUT2D eigenvalue weighted by molar-refractivity contribution is 6.30.